The van der Waals surface area contributed by atoms with Crippen molar-refractivity contribution in [2.45, 2.75) is 5.75 Å². The number of nitrogen functional groups attached to an aromatic ring is 1. The van der Waals surface area contributed by atoms with Gasteiger partial charge in [0.1, 0.15) is 0 Å². The van der Waals surface area contributed by atoms with E-state index in [1.165, 1.54) is 5.56 Å². The fraction of sp³-hybridized carbons (Fsp3) is 0.455. The molecular formula is C11H18N2S. The maximum absolute atomic E-state index is 5.84. The number of hydrogen-bond acceptors (Lipinski definition) is 3. The predicted octanol–water partition coefficient (Wildman–Crippen LogP) is 2.06. The Kier molecular flexibility index (Phi) is 4.84. The Morgan fingerprint density at radius 2 is 2.00 bits per heavy atom. The van der Waals surface area contributed by atoms with Crippen LogP contribution in [-0.4, -0.2) is 31.3 Å². The Hall–Kier alpha value is -0.670. The van der Waals surface area contributed by atoms with Gasteiger partial charge in [-0.05, 0) is 25.7 Å². The van der Waals surface area contributed by atoms with E-state index in [9.17, 15) is 0 Å². The maximum atomic E-state index is 5.84. The minimum atomic E-state index is 0.907. The highest BCUT2D eigenvalue weighted by Crippen LogP contribution is 2.17. The Morgan fingerprint density at radius 1 is 1.29 bits per heavy atom. The van der Waals surface area contributed by atoms with E-state index >= 15 is 0 Å². The quantitative estimate of drug-likeness (QED) is 0.596. The largest absolute Gasteiger partial charge is 0.398 e. The predicted molar refractivity (Wildman–Crippen MR) is 65.6 cm³/mol. The highest BCUT2D eigenvalue weighted by Gasteiger charge is 1.97. The van der Waals surface area contributed by atoms with E-state index in [0.29, 0.717) is 0 Å². The number of hydrogen-bond donors (Lipinski definition) is 1. The Labute approximate surface area is 90.5 Å². The first kappa shape index (κ1) is 11.4. The van der Waals surface area contributed by atoms with Crippen LogP contribution in [0.5, 0.6) is 0 Å². The van der Waals surface area contributed by atoms with E-state index in [2.05, 4.69) is 25.1 Å². The van der Waals surface area contributed by atoms with Gasteiger partial charge in [-0.2, -0.15) is 11.8 Å². The zero-order chi connectivity index (χ0) is 10.4. The second kappa shape index (κ2) is 5.94. The molecule has 0 amide bonds. The summed E-state index contributed by atoms with van der Waals surface area (Å²) in [5.74, 6) is 2.17. The van der Waals surface area contributed by atoms with Crippen molar-refractivity contribution in [2.75, 3.05) is 32.1 Å². The Balaban J connectivity index is 2.28. The van der Waals surface area contributed by atoms with Crippen LogP contribution in [0.4, 0.5) is 5.69 Å². The second-order valence-corrected chi connectivity index (χ2v) is 4.66. The molecule has 1 aromatic rings. The number of thioether (sulfide) groups is 1. The molecule has 0 fully saturated rings. The molecule has 0 saturated carbocycles. The molecular weight excluding hydrogens is 192 g/mol. The molecule has 2 N–H and O–H groups in total. The van der Waals surface area contributed by atoms with E-state index in [1.807, 2.05) is 30.0 Å². The summed E-state index contributed by atoms with van der Waals surface area (Å²) in [5.41, 5.74) is 7.99. The van der Waals surface area contributed by atoms with Crippen LogP contribution < -0.4 is 5.73 Å². The lowest BCUT2D eigenvalue weighted by atomic mass is 10.2. The number of nitrogens with zero attached hydrogens (tertiary/aromatic N) is 1. The number of rotatable bonds is 5. The molecule has 0 aliphatic heterocycles. The fourth-order valence-corrected chi connectivity index (χ4v) is 2.22. The van der Waals surface area contributed by atoms with Crippen molar-refractivity contribution in [3.8, 4) is 0 Å². The molecule has 0 unspecified atom stereocenters. The third kappa shape index (κ3) is 4.03. The van der Waals surface area contributed by atoms with Crippen molar-refractivity contribution in [1.82, 2.24) is 4.90 Å². The van der Waals surface area contributed by atoms with Gasteiger partial charge in [-0.25, -0.2) is 0 Å². The lowest BCUT2D eigenvalue weighted by Crippen LogP contribution is -2.14. The SMILES string of the molecule is CN(C)CCSCc1ccccc1N. The highest BCUT2D eigenvalue weighted by atomic mass is 32.2. The van der Waals surface area contributed by atoms with Gasteiger partial charge in [0.25, 0.3) is 0 Å². The van der Waals surface area contributed by atoms with Crippen LogP contribution >= 0.6 is 11.8 Å². The first-order chi connectivity index (χ1) is 6.70. The van der Waals surface area contributed by atoms with Crippen molar-refractivity contribution in [2.24, 2.45) is 0 Å². The third-order valence-corrected chi connectivity index (χ3v) is 2.98. The van der Waals surface area contributed by atoms with Gasteiger partial charge in [0.2, 0.25) is 0 Å². The van der Waals surface area contributed by atoms with Crippen molar-refractivity contribution in [3.63, 3.8) is 0 Å². The number of para-hydroxylation sites is 1. The topological polar surface area (TPSA) is 29.3 Å². The maximum Gasteiger partial charge on any atom is 0.0355 e. The zero-order valence-corrected chi connectivity index (χ0v) is 9.68. The normalized spacial score (nSPS) is 10.8. The summed E-state index contributed by atoms with van der Waals surface area (Å²) < 4.78 is 0. The standard InChI is InChI=1S/C11H18N2S/c1-13(2)7-8-14-9-10-5-3-4-6-11(10)12/h3-6H,7-9,12H2,1-2H3. The molecule has 1 rings (SSSR count). The molecule has 14 heavy (non-hydrogen) atoms. The number of anilines is 1. The van der Waals surface area contributed by atoms with E-state index < -0.39 is 0 Å². The molecule has 2 nitrogen and oxygen atoms in total. The zero-order valence-electron chi connectivity index (χ0n) is 8.86. The summed E-state index contributed by atoms with van der Waals surface area (Å²) >= 11 is 1.93. The van der Waals surface area contributed by atoms with Crippen molar-refractivity contribution in [1.29, 1.82) is 0 Å². The summed E-state index contributed by atoms with van der Waals surface area (Å²) in [7, 11) is 4.19. The molecule has 0 radical (unpaired) electrons. The molecule has 1 aromatic carbocycles. The number of benzene rings is 1. The fourth-order valence-electron chi connectivity index (χ4n) is 1.09. The van der Waals surface area contributed by atoms with E-state index in [1.54, 1.807) is 0 Å². The van der Waals surface area contributed by atoms with Crippen LogP contribution in [0.2, 0.25) is 0 Å². The molecule has 0 saturated heterocycles. The lowest BCUT2D eigenvalue weighted by Gasteiger charge is -2.09. The summed E-state index contributed by atoms with van der Waals surface area (Å²) in [5, 5.41) is 0. The lowest BCUT2D eigenvalue weighted by molar-refractivity contribution is 0.437. The highest BCUT2D eigenvalue weighted by molar-refractivity contribution is 7.98. The van der Waals surface area contributed by atoms with Crippen LogP contribution in [-0.2, 0) is 5.75 Å². The van der Waals surface area contributed by atoms with Gasteiger partial charge in [0.05, 0.1) is 0 Å². The molecule has 0 spiro atoms. The van der Waals surface area contributed by atoms with Gasteiger partial charge in [0, 0.05) is 23.7 Å². The molecule has 78 valence electrons. The Bertz CT molecular complexity index is 274. The average molecular weight is 210 g/mol. The summed E-state index contributed by atoms with van der Waals surface area (Å²) in [6, 6.07) is 8.07. The minimum absolute atomic E-state index is 0.907. The van der Waals surface area contributed by atoms with Gasteiger partial charge in [-0.15, -0.1) is 0 Å². The molecule has 3 heteroatoms. The first-order valence-corrected chi connectivity index (χ1v) is 5.91. The van der Waals surface area contributed by atoms with Crippen molar-refractivity contribution < 1.29 is 0 Å². The Morgan fingerprint density at radius 3 is 2.64 bits per heavy atom. The van der Waals surface area contributed by atoms with Crippen molar-refractivity contribution >= 4 is 17.4 Å². The molecule has 0 heterocycles. The van der Waals surface area contributed by atoms with Gasteiger partial charge in [0.15, 0.2) is 0 Å². The average Bonchev–Trinajstić information content (AvgIpc) is 2.15. The smallest absolute Gasteiger partial charge is 0.0355 e. The van der Waals surface area contributed by atoms with E-state index in [4.69, 9.17) is 5.73 Å². The summed E-state index contributed by atoms with van der Waals surface area (Å²) in [4.78, 5) is 2.20. The van der Waals surface area contributed by atoms with Crippen LogP contribution in [0.1, 0.15) is 5.56 Å². The monoisotopic (exact) mass is 210 g/mol. The second-order valence-electron chi connectivity index (χ2n) is 3.55. The minimum Gasteiger partial charge on any atom is -0.398 e. The van der Waals surface area contributed by atoms with Gasteiger partial charge in [-0.1, -0.05) is 18.2 Å². The van der Waals surface area contributed by atoms with Crippen LogP contribution in [0.25, 0.3) is 0 Å². The third-order valence-electron chi connectivity index (χ3n) is 2.00. The van der Waals surface area contributed by atoms with Gasteiger partial charge < -0.3 is 10.6 Å². The van der Waals surface area contributed by atoms with Crippen LogP contribution in [0.15, 0.2) is 24.3 Å². The van der Waals surface area contributed by atoms with Gasteiger partial charge >= 0.3 is 0 Å². The van der Waals surface area contributed by atoms with E-state index in [-0.39, 0.29) is 0 Å². The molecule has 0 atom stereocenters. The van der Waals surface area contributed by atoms with Gasteiger partial charge in [-0.3, -0.25) is 0 Å². The summed E-state index contributed by atoms with van der Waals surface area (Å²) in [6.45, 7) is 1.12. The van der Waals surface area contributed by atoms with Crippen LogP contribution in [0.3, 0.4) is 0 Å². The molecule has 0 aromatic heterocycles. The molecule has 0 aliphatic rings. The first-order valence-electron chi connectivity index (χ1n) is 4.76. The number of nitrogens with two attached hydrogens (primary N) is 1. The molecule has 0 aliphatic carbocycles. The van der Waals surface area contributed by atoms with Crippen molar-refractivity contribution in [3.05, 3.63) is 29.8 Å². The van der Waals surface area contributed by atoms with E-state index in [0.717, 1.165) is 23.7 Å². The molecule has 0 bridgehead atoms. The summed E-state index contributed by atoms with van der Waals surface area (Å²) in [6.07, 6.45) is 0. The van der Waals surface area contributed by atoms with Crippen LogP contribution in [0, 0.1) is 0 Å².